The summed E-state index contributed by atoms with van der Waals surface area (Å²) in [5.41, 5.74) is 6.41. The van der Waals surface area contributed by atoms with Gasteiger partial charge in [-0.2, -0.15) is 0 Å². The number of aromatic nitrogens is 1. The van der Waals surface area contributed by atoms with Gasteiger partial charge in [-0.25, -0.2) is 9.78 Å². The first-order valence-electron chi connectivity index (χ1n) is 13.1. The molecule has 3 rings (SSSR count). The molecular formula is C27H39N5O6S. The lowest BCUT2D eigenvalue weighted by molar-refractivity contribution is -0.117. The van der Waals surface area contributed by atoms with Crippen LogP contribution < -0.4 is 16.4 Å². The van der Waals surface area contributed by atoms with E-state index in [1.807, 2.05) is 27.7 Å². The Morgan fingerprint density at radius 1 is 1.10 bits per heavy atom. The van der Waals surface area contributed by atoms with Gasteiger partial charge in [-0.1, -0.05) is 12.1 Å². The smallest absolute Gasteiger partial charge is 0.410 e. The average molecular weight is 562 g/mol. The molecule has 1 aromatic heterocycles. The van der Waals surface area contributed by atoms with Gasteiger partial charge in [0.15, 0.2) is 5.13 Å². The van der Waals surface area contributed by atoms with Crippen molar-refractivity contribution in [1.82, 2.24) is 9.88 Å². The second-order valence-corrected chi connectivity index (χ2v) is 11.4. The van der Waals surface area contributed by atoms with Crippen molar-refractivity contribution in [3.63, 3.8) is 0 Å². The van der Waals surface area contributed by atoms with Gasteiger partial charge >= 0.3 is 6.09 Å². The number of hydrogen-bond donors (Lipinski definition) is 3. The van der Waals surface area contributed by atoms with E-state index in [0.717, 1.165) is 17.0 Å². The summed E-state index contributed by atoms with van der Waals surface area (Å²) in [6, 6.07) is 6.81. The second-order valence-electron chi connectivity index (χ2n) is 10.2. The molecule has 4 N–H and O–H groups in total. The fourth-order valence-electron chi connectivity index (χ4n) is 4.05. The molecule has 0 bridgehead atoms. The summed E-state index contributed by atoms with van der Waals surface area (Å²) < 4.78 is 16.1. The number of amides is 3. The predicted molar refractivity (Wildman–Crippen MR) is 150 cm³/mol. The zero-order valence-corrected chi connectivity index (χ0v) is 23.9. The van der Waals surface area contributed by atoms with Gasteiger partial charge in [0.2, 0.25) is 5.91 Å². The molecule has 0 saturated carbocycles. The zero-order valence-electron chi connectivity index (χ0n) is 23.1. The molecule has 1 unspecified atom stereocenters. The molecule has 1 aromatic carbocycles. The maximum atomic E-state index is 13.1. The molecule has 1 saturated heterocycles. The molecule has 0 radical (unpaired) electrons. The molecule has 1 atom stereocenters. The number of carbonyl (C=O) groups excluding carboxylic acids is 3. The number of aryl methyl sites for hydroxylation is 1. The van der Waals surface area contributed by atoms with Crippen LogP contribution in [0.25, 0.3) is 0 Å². The maximum Gasteiger partial charge on any atom is 0.410 e. The number of hydrogen-bond acceptors (Lipinski definition) is 9. The lowest BCUT2D eigenvalue weighted by Crippen LogP contribution is -2.35. The van der Waals surface area contributed by atoms with Crippen LogP contribution in [0.15, 0.2) is 24.3 Å². The number of ether oxygens (including phenoxy) is 3. The molecular weight excluding hydrogens is 522 g/mol. The normalized spacial score (nSPS) is 15.3. The number of benzene rings is 1. The van der Waals surface area contributed by atoms with Crippen LogP contribution in [-0.2, 0) is 19.0 Å². The van der Waals surface area contributed by atoms with Gasteiger partial charge in [0.1, 0.15) is 5.60 Å². The summed E-state index contributed by atoms with van der Waals surface area (Å²) >= 11 is 1.39. The van der Waals surface area contributed by atoms with Gasteiger partial charge in [-0.3, -0.25) is 14.9 Å². The van der Waals surface area contributed by atoms with E-state index < -0.39 is 5.60 Å². The van der Waals surface area contributed by atoms with E-state index in [1.54, 1.807) is 29.2 Å². The fraction of sp³-hybridized carbons (Fsp3) is 0.556. The molecule has 2 aromatic rings. The van der Waals surface area contributed by atoms with Crippen molar-refractivity contribution in [3.8, 4) is 0 Å². The number of nitrogens with one attached hydrogen (secondary N) is 2. The van der Waals surface area contributed by atoms with Crippen molar-refractivity contribution in [2.24, 2.45) is 5.73 Å². The first kappa shape index (κ1) is 30.5. The van der Waals surface area contributed by atoms with Gasteiger partial charge < -0.3 is 30.2 Å². The molecule has 1 aliphatic rings. The number of thiazole rings is 1. The van der Waals surface area contributed by atoms with Crippen LogP contribution in [0, 0.1) is 6.92 Å². The van der Waals surface area contributed by atoms with Gasteiger partial charge in [0.25, 0.3) is 5.91 Å². The van der Waals surface area contributed by atoms with Crippen LogP contribution in [0.3, 0.4) is 0 Å². The largest absolute Gasteiger partial charge is 0.444 e. The summed E-state index contributed by atoms with van der Waals surface area (Å²) in [6.07, 6.45) is 0.591. The van der Waals surface area contributed by atoms with Crippen molar-refractivity contribution < 1.29 is 28.6 Å². The molecule has 11 nitrogen and oxygen atoms in total. The Morgan fingerprint density at radius 2 is 1.82 bits per heavy atom. The summed E-state index contributed by atoms with van der Waals surface area (Å²) in [5, 5.41) is 6.12. The zero-order chi connectivity index (χ0) is 28.4. The minimum Gasteiger partial charge on any atom is -0.444 e. The predicted octanol–water partition coefficient (Wildman–Crippen LogP) is 3.75. The Bertz CT molecular complexity index is 1130. The maximum absolute atomic E-state index is 13.1. The third-order valence-corrected chi connectivity index (χ3v) is 6.74. The van der Waals surface area contributed by atoms with Gasteiger partial charge in [-0.15, -0.1) is 11.3 Å². The van der Waals surface area contributed by atoms with E-state index in [0.29, 0.717) is 55.8 Å². The van der Waals surface area contributed by atoms with Crippen LogP contribution in [0.5, 0.6) is 0 Å². The minimum absolute atomic E-state index is 0.0698. The SMILES string of the molecule is Cc1sc(NC(=O)c2ccccc2NC(=O)CCOCCOCCN)nc1C1CCN(C(=O)OC(C)(C)C)C1. The molecule has 0 spiro atoms. The first-order valence-corrected chi connectivity index (χ1v) is 13.9. The van der Waals surface area contributed by atoms with Gasteiger partial charge in [0.05, 0.1) is 49.8 Å². The van der Waals surface area contributed by atoms with Crippen molar-refractivity contribution in [2.75, 3.05) is 56.7 Å². The highest BCUT2D eigenvalue weighted by atomic mass is 32.1. The highest BCUT2D eigenvalue weighted by molar-refractivity contribution is 7.15. The van der Waals surface area contributed by atoms with E-state index in [1.165, 1.54) is 11.3 Å². The number of anilines is 2. The molecule has 12 heteroatoms. The third-order valence-electron chi connectivity index (χ3n) is 5.83. The van der Waals surface area contributed by atoms with Gasteiger partial charge in [-0.05, 0) is 46.2 Å². The Kier molecular flexibility index (Phi) is 11.2. The lowest BCUT2D eigenvalue weighted by atomic mass is 10.0. The van der Waals surface area contributed by atoms with Crippen molar-refractivity contribution >= 4 is 40.1 Å². The first-order chi connectivity index (χ1) is 18.6. The van der Waals surface area contributed by atoms with Crippen molar-refractivity contribution in [3.05, 3.63) is 40.4 Å². The number of rotatable bonds is 12. The Balaban J connectivity index is 1.55. The lowest BCUT2D eigenvalue weighted by Gasteiger charge is -2.24. The molecule has 1 fully saturated rings. The van der Waals surface area contributed by atoms with Crippen molar-refractivity contribution in [1.29, 1.82) is 0 Å². The number of likely N-dealkylation sites (tertiary alicyclic amines) is 1. The minimum atomic E-state index is -0.549. The Hall–Kier alpha value is -3.06. The standard InChI is InChI=1S/C27H39N5O6S/c1-18-23(19-9-12-32(17-19)26(35)38-27(2,3)4)30-25(39-18)31-24(34)20-7-5-6-8-21(20)29-22(33)10-13-36-15-16-37-14-11-28/h5-8,19H,9-17,28H2,1-4H3,(H,29,33)(H,30,31,34). The summed E-state index contributed by atoms with van der Waals surface area (Å²) in [6.45, 7) is 10.6. The summed E-state index contributed by atoms with van der Waals surface area (Å²) in [4.78, 5) is 45.3. The number of carbonyl (C=O) groups is 3. The molecule has 39 heavy (non-hydrogen) atoms. The van der Waals surface area contributed by atoms with Crippen LogP contribution >= 0.6 is 11.3 Å². The van der Waals surface area contributed by atoms with Gasteiger partial charge in [0, 0.05) is 30.4 Å². The highest BCUT2D eigenvalue weighted by Gasteiger charge is 2.33. The van der Waals surface area contributed by atoms with E-state index in [2.05, 4.69) is 15.6 Å². The highest BCUT2D eigenvalue weighted by Crippen LogP contribution is 2.34. The average Bonchev–Trinajstić information content (AvgIpc) is 3.49. The van der Waals surface area contributed by atoms with Crippen LogP contribution in [0.2, 0.25) is 0 Å². The van der Waals surface area contributed by atoms with E-state index in [4.69, 9.17) is 19.9 Å². The van der Waals surface area contributed by atoms with Crippen LogP contribution in [0.4, 0.5) is 15.6 Å². The fourth-order valence-corrected chi connectivity index (χ4v) is 4.95. The molecule has 2 heterocycles. The Morgan fingerprint density at radius 3 is 2.54 bits per heavy atom. The Labute approximate surface area is 233 Å². The second kappa shape index (κ2) is 14.4. The van der Waals surface area contributed by atoms with Crippen molar-refractivity contribution in [2.45, 2.75) is 52.1 Å². The quantitative estimate of drug-likeness (QED) is 0.332. The van der Waals surface area contributed by atoms with Crippen LogP contribution in [0.1, 0.15) is 60.5 Å². The number of nitrogens with two attached hydrogens (primary N) is 1. The summed E-state index contributed by atoms with van der Waals surface area (Å²) in [7, 11) is 0. The molecule has 3 amide bonds. The number of nitrogens with zero attached hydrogens (tertiary/aromatic N) is 2. The van der Waals surface area contributed by atoms with E-state index >= 15 is 0 Å². The van der Waals surface area contributed by atoms with E-state index in [9.17, 15) is 14.4 Å². The monoisotopic (exact) mass is 561 g/mol. The molecule has 0 aliphatic carbocycles. The molecule has 214 valence electrons. The third kappa shape index (κ3) is 9.57. The topological polar surface area (TPSA) is 145 Å². The van der Waals surface area contributed by atoms with E-state index in [-0.39, 0.29) is 36.9 Å². The number of para-hydroxylation sites is 1. The summed E-state index contributed by atoms with van der Waals surface area (Å²) in [5.74, 6) is -0.567. The molecule has 1 aliphatic heterocycles. The van der Waals surface area contributed by atoms with Crippen LogP contribution in [-0.4, -0.2) is 79.5 Å².